The summed E-state index contributed by atoms with van der Waals surface area (Å²) >= 11 is 0. The molecule has 0 radical (unpaired) electrons. The average Bonchev–Trinajstić information content (AvgIpc) is 1.73. The van der Waals surface area contributed by atoms with E-state index in [0.717, 1.165) is 0 Å². The number of morpholine rings is 1. The third-order valence-corrected chi connectivity index (χ3v) is 19.5. The first-order chi connectivity index (χ1) is 44.2. The van der Waals surface area contributed by atoms with Gasteiger partial charge in [-0.15, -0.1) is 0 Å². The molecule has 17 atom stereocenters. The summed E-state index contributed by atoms with van der Waals surface area (Å²) in [5.41, 5.74) is 0. The summed E-state index contributed by atoms with van der Waals surface area (Å²) in [4.78, 5) is 175. The number of rotatable bonds is 17. The van der Waals surface area contributed by atoms with Crippen molar-refractivity contribution in [3.63, 3.8) is 0 Å². The molecular weight excluding hydrogens is 1220 g/mol. The first-order valence-corrected chi connectivity index (χ1v) is 34.7. The van der Waals surface area contributed by atoms with E-state index >= 15 is 33.6 Å². The monoisotopic (exact) mass is 1340 g/mol. The van der Waals surface area contributed by atoms with Crippen molar-refractivity contribution in [3.05, 3.63) is 12.2 Å². The average molecular weight is 1340 g/mol. The van der Waals surface area contributed by atoms with E-state index in [1.54, 1.807) is 34.6 Å². The number of ether oxygens (including phenoxy) is 3. The highest BCUT2D eigenvalue weighted by Gasteiger charge is 2.51. The maximum atomic E-state index is 15.3. The van der Waals surface area contributed by atoms with Crippen molar-refractivity contribution in [3.8, 4) is 0 Å². The zero-order valence-electron chi connectivity index (χ0n) is 62.4. The Morgan fingerprint density at radius 1 is 0.547 bits per heavy atom. The molecule has 3 aliphatic rings. The molecule has 3 aliphatic heterocycles. The molecule has 3 saturated heterocycles. The first kappa shape index (κ1) is 83.2. The highest BCUT2D eigenvalue weighted by Crippen LogP contribution is 2.31. The van der Waals surface area contributed by atoms with Crippen LogP contribution < -0.4 is 16.0 Å². The first-order valence-electron chi connectivity index (χ1n) is 34.7. The van der Waals surface area contributed by atoms with Crippen LogP contribution in [0.25, 0.3) is 0 Å². The second-order valence-corrected chi connectivity index (χ2v) is 29.2. The summed E-state index contributed by atoms with van der Waals surface area (Å²) in [6.07, 6.45) is 2.43. The molecule has 17 unspecified atom stereocenters. The van der Waals surface area contributed by atoms with Crippen molar-refractivity contribution in [2.24, 2.45) is 41.4 Å². The van der Waals surface area contributed by atoms with E-state index in [-0.39, 0.29) is 68.6 Å². The van der Waals surface area contributed by atoms with E-state index in [9.17, 15) is 19.2 Å². The van der Waals surface area contributed by atoms with E-state index in [0.29, 0.717) is 32.7 Å². The largest absolute Gasteiger partial charge is 0.380 e. The number of Topliss-reactive ketones (excluding diaryl/α,β-unsaturated/α-hetero) is 1. The van der Waals surface area contributed by atoms with Gasteiger partial charge in [0.1, 0.15) is 54.4 Å². The standard InChI is InChI=1S/C70H123N11O14/c1-26-28-29-43(11)60-59-63(85)73-52(27-2)67(89)74(19)49(17)65(87)78(23)57(44(12)37-93-31-30-81-36-46(14)94-38-45(81)13)56(82)35-51(42(9)10)66(88)75(20)53(32-39(3)4)62(84)71-47(15)61(83)72-48(16)64(86)76(21)54(33-40(5)6)68(90)77(22)55(34-41(7)8)69(91)79(24)58(50(18)95-60)70(92)80(59)25/h26,28,39-55,57-60H,27,29-38H2,1-25H3,(H,71,84)(H,72,83)(H,73,85). The molecule has 0 aromatic heterocycles. The molecule has 0 saturated carbocycles. The SMILES string of the molecule is CC=CCC(C)C1OC(C)C2C(=O)N(C)C1C(=O)NC(CC)C(=O)N(C)C(C)C(=O)N(C)C(C(C)COCCN1CC(C)OCC1C)C(=O)CC(C(C)C)C(=O)N(C)C(CC(C)C)C(=O)NC(C)C(=O)NC(C)C(=O)N(C)C(CC(C)C)C(=O)N(C)C(CC(C)C)C(=O)N2C. The van der Waals surface area contributed by atoms with Crippen LogP contribution in [-0.4, -0.2) is 271 Å². The predicted molar refractivity (Wildman–Crippen MR) is 365 cm³/mol. The zero-order chi connectivity index (χ0) is 72.5. The number of carbonyl (C=O) groups excluding carboxylic acids is 11. The maximum absolute atomic E-state index is 15.3. The van der Waals surface area contributed by atoms with Crippen molar-refractivity contribution in [1.82, 2.24) is 55.1 Å². The Morgan fingerprint density at radius 2 is 1.06 bits per heavy atom. The second kappa shape index (κ2) is 37.6. The molecule has 0 aromatic rings. The number of fused-ring (bicyclic) bond motifs is 3. The lowest BCUT2D eigenvalue weighted by atomic mass is 9.84. The number of ketones is 1. The van der Waals surface area contributed by atoms with Crippen molar-refractivity contribution >= 4 is 64.9 Å². The van der Waals surface area contributed by atoms with Crippen LogP contribution in [0.5, 0.6) is 0 Å². The molecule has 0 aromatic carbocycles. The molecule has 3 rings (SSSR count). The Hall–Kier alpha value is -6.05. The fourth-order valence-electron chi connectivity index (χ4n) is 13.3. The van der Waals surface area contributed by atoms with Gasteiger partial charge in [0.25, 0.3) is 0 Å². The number of allylic oxidation sites excluding steroid dienone is 2. The van der Waals surface area contributed by atoms with E-state index in [4.69, 9.17) is 14.2 Å². The van der Waals surface area contributed by atoms with Crippen molar-refractivity contribution in [2.75, 3.05) is 82.2 Å². The molecule has 0 aliphatic carbocycles. The molecule has 3 fully saturated rings. The molecule has 25 heteroatoms. The number of hydrogen-bond donors (Lipinski definition) is 3. The van der Waals surface area contributed by atoms with Gasteiger partial charge in [-0.2, -0.15) is 0 Å². The summed E-state index contributed by atoms with van der Waals surface area (Å²) in [6.45, 7) is 34.5. The molecule has 542 valence electrons. The number of likely N-dealkylation sites (N-methyl/N-ethyl adjacent to an activating group) is 7. The lowest BCUT2D eigenvalue weighted by Gasteiger charge is -2.39. The summed E-state index contributed by atoms with van der Waals surface area (Å²) in [6, 6.07) is -12.0. The number of amides is 10. The normalized spacial score (nSPS) is 31.0. The van der Waals surface area contributed by atoms with Crippen LogP contribution in [0.3, 0.4) is 0 Å². The van der Waals surface area contributed by atoms with E-state index < -0.39 is 161 Å². The highest BCUT2D eigenvalue weighted by atomic mass is 16.5. The molecule has 2 bridgehead atoms. The lowest BCUT2D eigenvalue weighted by Crippen LogP contribution is -2.62. The predicted octanol–water partition coefficient (Wildman–Crippen LogP) is 4.23. The van der Waals surface area contributed by atoms with Crippen LogP contribution in [0.4, 0.5) is 0 Å². The van der Waals surface area contributed by atoms with Gasteiger partial charge in [-0.3, -0.25) is 57.6 Å². The number of nitrogens with zero attached hydrogens (tertiary/aromatic N) is 8. The van der Waals surface area contributed by atoms with Gasteiger partial charge >= 0.3 is 0 Å². The van der Waals surface area contributed by atoms with Crippen LogP contribution in [0.2, 0.25) is 0 Å². The topological polar surface area (TPSA) is 277 Å². The van der Waals surface area contributed by atoms with Crippen molar-refractivity contribution in [2.45, 2.75) is 248 Å². The quantitative estimate of drug-likeness (QED) is 0.136. The molecule has 3 N–H and O–H groups in total. The second-order valence-electron chi connectivity index (χ2n) is 29.2. The Labute approximate surface area is 568 Å². The summed E-state index contributed by atoms with van der Waals surface area (Å²) in [5.74, 6) is -9.73. The molecule has 3 heterocycles. The van der Waals surface area contributed by atoms with Crippen LogP contribution in [-0.2, 0) is 67.0 Å². The van der Waals surface area contributed by atoms with Crippen LogP contribution in [0.1, 0.15) is 163 Å². The van der Waals surface area contributed by atoms with Crippen LogP contribution in [0.15, 0.2) is 12.2 Å². The molecule has 25 nitrogen and oxygen atoms in total. The third kappa shape index (κ3) is 22.0. The fourth-order valence-corrected chi connectivity index (χ4v) is 13.3. The summed E-state index contributed by atoms with van der Waals surface area (Å²) < 4.78 is 18.9. The van der Waals surface area contributed by atoms with E-state index in [1.165, 1.54) is 104 Å². The zero-order valence-corrected chi connectivity index (χ0v) is 62.4. The van der Waals surface area contributed by atoms with Crippen molar-refractivity contribution < 1.29 is 67.0 Å². The van der Waals surface area contributed by atoms with Gasteiger partial charge in [0.05, 0.1) is 44.2 Å². The van der Waals surface area contributed by atoms with Gasteiger partial charge < -0.3 is 64.5 Å². The van der Waals surface area contributed by atoms with Gasteiger partial charge in [-0.05, 0) is 110 Å². The molecule has 10 amide bonds. The Morgan fingerprint density at radius 3 is 1.60 bits per heavy atom. The minimum absolute atomic E-state index is 0.0383. The number of hydrogen-bond acceptors (Lipinski definition) is 15. The van der Waals surface area contributed by atoms with Gasteiger partial charge in [0, 0.05) is 86.7 Å². The van der Waals surface area contributed by atoms with Crippen LogP contribution >= 0.6 is 0 Å². The van der Waals surface area contributed by atoms with E-state index in [2.05, 4.69) is 27.8 Å². The van der Waals surface area contributed by atoms with Gasteiger partial charge in [0.15, 0.2) is 5.78 Å². The Bertz CT molecular complexity index is 2660. The Balaban J connectivity index is 2.32. The lowest BCUT2D eigenvalue weighted by molar-refractivity contribution is -0.155. The third-order valence-electron chi connectivity index (χ3n) is 19.5. The van der Waals surface area contributed by atoms with E-state index in [1.807, 2.05) is 74.5 Å². The van der Waals surface area contributed by atoms with Gasteiger partial charge in [-0.1, -0.05) is 88.3 Å². The summed E-state index contributed by atoms with van der Waals surface area (Å²) in [5, 5.41) is 8.36. The number of nitrogens with one attached hydrogen (secondary N) is 3. The minimum atomic E-state index is -1.35. The minimum Gasteiger partial charge on any atom is -0.380 e. The van der Waals surface area contributed by atoms with Gasteiger partial charge in [0.2, 0.25) is 59.1 Å². The summed E-state index contributed by atoms with van der Waals surface area (Å²) in [7, 11) is 10.2. The van der Waals surface area contributed by atoms with Gasteiger partial charge in [-0.25, -0.2) is 0 Å². The maximum Gasteiger partial charge on any atom is 0.248 e. The smallest absolute Gasteiger partial charge is 0.248 e. The van der Waals surface area contributed by atoms with Crippen LogP contribution in [0, 0.1) is 41.4 Å². The molecule has 0 spiro atoms. The molecule has 95 heavy (non-hydrogen) atoms. The highest BCUT2D eigenvalue weighted by molar-refractivity contribution is 6.00. The Kier molecular flexibility index (Phi) is 32.9. The molecular formula is C70H123N11O14. The van der Waals surface area contributed by atoms with Crippen molar-refractivity contribution in [1.29, 1.82) is 0 Å². The number of carbonyl (C=O) groups is 11. The fraction of sp³-hybridized carbons (Fsp3) is 0.814.